The molecule has 1 aromatic carbocycles. The van der Waals surface area contributed by atoms with Crippen LogP contribution in [0.25, 0.3) is 11.3 Å². The summed E-state index contributed by atoms with van der Waals surface area (Å²) in [5.41, 5.74) is 2.96. The molecule has 2 aromatic heterocycles. The maximum atomic E-state index is 11.8. The Bertz CT molecular complexity index is 775. The number of carbonyl (C=O) groups excluding carboxylic acids is 1. The van der Waals surface area contributed by atoms with Crippen LogP contribution in [0.1, 0.15) is 10.6 Å². The van der Waals surface area contributed by atoms with Crippen LogP contribution in [-0.2, 0) is 22.7 Å². The lowest BCUT2D eigenvalue weighted by Gasteiger charge is -2.05. The molecule has 0 aliphatic carbocycles. The smallest absolute Gasteiger partial charge is 0.246 e. The highest BCUT2D eigenvalue weighted by atomic mass is 32.1. The standard InChI is InChI=1S/C18H17N3O2S/c22-17(12-23-11-14-4-2-1-3-5-14)20-10-18-21-16(13-24-18)15-6-8-19-9-7-15/h1-9,13H,10-12H2,(H,20,22). The largest absolute Gasteiger partial charge is 0.367 e. The lowest BCUT2D eigenvalue weighted by molar-refractivity contribution is -0.126. The van der Waals surface area contributed by atoms with Gasteiger partial charge >= 0.3 is 0 Å². The molecule has 1 N–H and O–H groups in total. The van der Waals surface area contributed by atoms with Crippen molar-refractivity contribution in [1.82, 2.24) is 15.3 Å². The summed E-state index contributed by atoms with van der Waals surface area (Å²) in [5, 5.41) is 5.66. The van der Waals surface area contributed by atoms with Gasteiger partial charge in [-0.05, 0) is 17.7 Å². The van der Waals surface area contributed by atoms with Gasteiger partial charge in [-0.25, -0.2) is 4.98 Å². The Hall–Kier alpha value is -2.57. The zero-order valence-electron chi connectivity index (χ0n) is 13.0. The minimum Gasteiger partial charge on any atom is -0.367 e. The number of carbonyl (C=O) groups is 1. The van der Waals surface area contributed by atoms with E-state index in [4.69, 9.17) is 4.74 Å². The summed E-state index contributed by atoms with van der Waals surface area (Å²) in [6.07, 6.45) is 3.47. The van der Waals surface area contributed by atoms with Gasteiger partial charge in [0.15, 0.2) is 0 Å². The second kappa shape index (κ2) is 8.33. The first-order valence-electron chi connectivity index (χ1n) is 7.54. The zero-order valence-corrected chi connectivity index (χ0v) is 13.8. The minimum absolute atomic E-state index is 0.0392. The van der Waals surface area contributed by atoms with Crippen LogP contribution in [0.15, 0.2) is 60.2 Å². The number of benzene rings is 1. The molecule has 0 unspecified atom stereocenters. The van der Waals surface area contributed by atoms with Crippen LogP contribution in [-0.4, -0.2) is 22.5 Å². The molecule has 0 saturated heterocycles. The number of amides is 1. The van der Waals surface area contributed by atoms with Gasteiger partial charge in [-0.15, -0.1) is 11.3 Å². The van der Waals surface area contributed by atoms with Crippen LogP contribution in [0.3, 0.4) is 0 Å². The number of rotatable bonds is 7. The molecule has 0 radical (unpaired) electrons. The normalized spacial score (nSPS) is 10.5. The lowest BCUT2D eigenvalue weighted by atomic mass is 10.2. The van der Waals surface area contributed by atoms with Crippen molar-refractivity contribution in [2.45, 2.75) is 13.2 Å². The average Bonchev–Trinajstić information content (AvgIpc) is 3.11. The second-order valence-electron chi connectivity index (χ2n) is 5.12. The van der Waals surface area contributed by atoms with E-state index in [1.807, 2.05) is 47.8 Å². The Balaban J connectivity index is 1.42. The molecule has 5 nitrogen and oxygen atoms in total. The first kappa shape index (κ1) is 16.3. The highest BCUT2D eigenvalue weighted by Crippen LogP contribution is 2.20. The molecule has 3 aromatic rings. The van der Waals surface area contributed by atoms with Gasteiger partial charge in [0.2, 0.25) is 5.91 Å². The second-order valence-corrected chi connectivity index (χ2v) is 6.06. The summed E-state index contributed by atoms with van der Waals surface area (Å²) in [6.45, 7) is 0.873. The summed E-state index contributed by atoms with van der Waals surface area (Å²) in [6, 6.07) is 13.6. The summed E-state index contributed by atoms with van der Waals surface area (Å²) < 4.78 is 5.41. The quantitative estimate of drug-likeness (QED) is 0.719. The van der Waals surface area contributed by atoms with Crippen LogP contribution in [0.5, 0.6) is 0 Å². The van der Waals surface area contributed by atoms with E-state index in [1.165, 1.54) is 11.3 Å². The molecule has 3 rings (SSSR count). The fraction of sp³-hybridized carbons (Fsp3) is 0.167. The third kappa shape index (κ3) is 4.71. The molecule has 1 amide bonds. The summed E-state index contributed by atoms with van der Waals surface area (Å²) in [5.74, 6) is -0.147. The Labute approximate surface area is 144 Å². The Kier molecular flexibility index (Phi) is 5.65. The molecule has 122 valence electrons. The van der Waals surface area contributed by atoms with E-state index < -0.39 is 0 Å². The van der Waals surface area contributed by atoms with Gasteiger partial charge in [0.05, 0.1) is 18.8 Å². The van der Waals surface area contributed by atoms with Gasteiger partial charge < -0.3 is 10.1 Å². The van der Waals surface area contributed by atoms with Gasteiger partial charge in [-0.3, -0.25) is 9.78 Å². The van der Waals surface area contributed by atoms with Gasteiger partial charge in [-0.1, -0.05) is 30.3 Å². The molecule has 0 bridgehead atoms. The number of nitrogens with zero attached hydrogens (tertiary/aromatic N) is 2. The van der Waals surface area contributed by atoms with E-state index in [0.29, 0.717) is 13.2 Å². The molecule has 0 aliphatic heterocycles. The summed E-state index contributed by atoms with van der Waals surface area (Å²) in [7, 11) is 0. The van der Waals surface area contributed by atoms with E-state index in [9.17, 15) is 4.79 Å². The first-order chi connectivity index (χ1) is 11.8. The highest BCUT2D eigenvalue weighted by molar-refractivity contribution is 7.09. The SMILES string of the molecule is O=C(COCc1ccccc1)NCc1nc(-c2ccncc2)cs1. The number of hydrogen-bond donors (Lipinski definition) is 1. The molecule has 2 heterocycles. The molecule has 6 heteroatoms. The molecule has 24 heavy (non-hydrogen) atoms. The molecule has 0 spiro atoms. The Morgan fingerprint density at radius 1 is 1.12 bits per heavy atom. The number of aromatic nitrogens is 2. The van der Waals surface area contributed by atoms with Gasteiger partial charge in [0.1, 0.15) is 11.6 Å². The first-order valence-corrected chi connectivity index (χ1v) is 8.42. The molecular formula is C18H17N3O2S. The molecule has 0 saturated carbocycles. The van der Waals surface area contributed by atoms with Crippen molar-refractivity contribution in [3.63, 3.8) is 0 Å². The van der Waals surface area contributed by atoms with Gasteiger partial charge in [0, 0.05) is 23.3 Å². The summed E-state index contributed by atoms with van der Waals surface area (Å²) >= 11 is 1.52. The Morgan fingerprint density at radius 3 is 2.71 bits per heavy atom. The zero-order chi connectivity index (χ0) is 16.6. The van der Waals surface area contributed by atoms with Crippen LogP contribution in [0.2, 0.25) is 0 Å². The number of nitrogens with one attached hydrogen (secondary N) is 1. The predicted molar refractivity (Wildman–Crippen MR) is 93.3 cm³/mol. The third-order valence-corrected chi connectivity index (χ3v) is 4.16. The van der Waals surface area contributed by atoms with Gasteiger partial charge in [0.25, 0.3) is 0 Å². The third-order valence-electron chi connectivity index (χ3n) is 3.31. The topological polar surface area (TPSA) is 64.1 Å². The maximum absolute atomic E-state index is 11.8. The van der Waals surface area contributed by atoms with Crippen LogP contribution in [0, 0.1) is 0 Å². The van der Waals surface area contributed by atoms with Crippen molar-refractivity contribution >= 4 is 17.2 Å². The van der Waals surface area contributed by atoms with Crippen molar-refractivity contribution in [1.29, 1.82) is 0 Å². The molecule has 0 aliphatic rings. The maximum Gasteiger partial charge on any atom is 0.246 e. The average molecular weight is 339 g/mol. The number of thiazole rings is 1. The fourth-order valence-electron chi connectivity index (χ4n) is 2.11. The van der Waals surface area contributed by atoms with Crippen molar-refractivity contribution in [2.75, 3.05) is 6.61 Å². The van der Waals surface area contributed by atoms with Crippen molar-refractivity contribution in [3.8, 4) is 11.3 Å². The summed E-state index contributed by atoms with van der Waals surface area (Å²) in [4.78, 5) is 20.3. The van der Waals surface area contributed by atoms with Gasteiger partial charge in [-0.2, -0.15) is 0 Å². The predicted octanol–water partition coefficient (Wildman–Crippen LogP) is 3.04. The molecular weight excluding hydrogens is 322 g/mol. The number of hydrogen-bond acceptors (Lipinski definition) is 5. The van der Waals surface area contributed by atoms with E-state index in [1.54, 1.807) is 12.4 Å². The van der Waals surface area contributed by atoms with Crippen molar-refractivity contribution < 1.29 is 9.53 Å². The monoisotopic (exact) mass is 339 g/mol. The van der Waals surface area contributed by atoms with Crippen LogP contribution >= 0.6 is 11.3 Å². The number of ether oxygens (including phenoxy) is 1. The van der Waals surface area contributed by atoms with E-state index >= 15 is 0 Å². The van der Waals surface area contributed by atoms with Crippen LogP contribution < -0.4 is 5.32 Å². The van der Waals surface area contributed by atoms with E-state index in [2.05, 4.69) is 15.3 Å². The highest BCUT2D eigenvalue weighted by Gasteiger charge is 2.06. The van der Waals surface area contributed by atoms with Crippen molar-refractivity contribution in [3.05, 3.63) is 70.8 Å². The molecule has 0 atom stereocenters. The van der Waals surface area contributed by atoms with Crippen LogP contribution in [0.4, 0.5) is 0 Å². The fourth-order valence-corrected chi connectivity index (χ4v) is 2.85. The molecule has 0 fully saturated rings. The van der Waals surface area contributed by atoms with E-state index in [0.717, 1.165) is 21.8 Å². The van der Waals surface area contributed by atoms with Crippen molar-refractivity contribution in [2.24, 2.45) is 0 Å². The number of pyridine rings is 1. The Morgan fingerprint density at radius 2 is 1.92 bits per heavy atom. The minimum atomic E-state index is -0.147. The van der Waals surface area contributed by atoms with E-state index in [-0.39, 0.29) is 12.5 Å². The lowest BCUT2D eigenvalue weighted by Crippen LogP contribution is -2.27.